The number of hydrogen-bond acceptors (Lipinski definition) is 4. The van der Waals surface area contributed by atoms with Gasteiger partial charge < -0.3 is 14.2 Å². The molecule has 0 heterocycles. The lowest BCUT2D eigenvalue weighted by atomic mass is 9.97. The normalized spacial score (nSPS) is 10.7. The molecule has 0 aromatic heterocycles. The number of rotatable bonds is 7. The summed E-state index contributed by atoms with van der Waals surface area (Å²) < 4.78 is 16.5. The third kappa shape index (κ3) is 3.91. The zero-order chi connectivity index (χ0) is 19.9. The number of carbonyl (C=O) groups is 1. The number of benzene rings is 3. The molecule has 142 valence electrons. The second-order valence-corrected chi connectivity index (χ2v) is 6.03. The van der Waals surface area contributed by atoms with Crippen LogP contribution >= 0.6 is 0 Å². The van der Waals surface area contributed by atoms with E-state index in [1.165, 1.54) is 0 Å². The molecule has 0 unspecified atom stereocenters. The van der Waals surface area contributed by atoms with Gasteiger partial charge in [-0.15, -0.1) is 0 Å². The van der Waals surface area contributed by atoms with Crippen molar-refractivity contribution in [2.24, 2.45) is 0 Å². The first kappa shape index (κ1) is 19.2. The van der Waals surface area contributed by atoms with Crippen molar-refractivity contribution in [2.45, 2.75) is 0 Å². The minimum atomic E-state index is -0.0466. The third-order valence-corrected chi connectivity index (χ3v) is 4.43. The molecule has 0 radical (unpaired) electrons. The van der Waals surface area contributed by atoms with Crippen LogP contribution in [0.3, 0.4) is 0 Å². The van der Waals surface area contributed by atoms with Crippen LogP contribution in [0.1, 0.15) is 15.9 Å². The number of allylic oxidation sites excluding steroid dienone is 1. The summed E-state index contributed by atoms with van der Waals surface area (Å²) in [6.45, 7) is 0. The van der Waals surface area contributed by atoms with E-state index in [0.29, 0.717) is 22.8 Å². The topological polar surface area (TPSA) is 44.8 Å². The van der Waals surface area contributed by atoms with Crippen LogP contribution in [0.4, 0.5) is 0 Å². The molecule has 0 bridgehead atoms. The first-order valence-corrected chi connectivity index (χ1v) is 8.85. The van der Waals surface area contributed by atoms with Gasteiger partial charge in [-0.25, -0.2) is 0 Å². The highest BCUT2D eigenvalue weighted by Gasteiger charge is 2.18. The molecular formula is C24H22O4. The summed E-state index contributed by atoms with van der Waals surface area (Å²) in [5.41, 5.74) is 3.34. The maximum absolute atomic E-state index is 12.4. The Morgan fingerprint density at radius 2 is 1.39 bits per heavy atom. The summed E-state index contributed by atoms with van der Waals surface area (Å²) in [4.78, 5) is 12.4. The van der Waals surface area contributed by atoms with Crippen molar-refractivity contribution in [3.8, 4) is 28.4 Å². The van der Waals surface area contributed by atoms with Gasteiger partial charge in [0.05, 0.1) is 21.3 Å². The lowest BCUT2D eigenvalue weighted by Gasteiger charge is -2.17. The van der Waals surface area contributed by atoms with E-state index in [9.17, 15) is 4.79 Å². The van der Waals surface area contributed by atoms with Gasteiger partial charge in [-0.05, 0) is 29.3 Å². The van der Waals surface area contributed by atoms with Crippen LogP contribution < -0.4 is 14.2 Å². The van der Waals surface area contributed by atoms with Crippen molar-refractivity contribution in [1.82, 2.24) is 0 Å². The van der Waals surface area contributed by atoms with Gasteiger partial charge in [0.25, 0.3) is 0 Å². The van der Waals surface area contributed by atoms with E-state index in [1.807, 2.05) is 60.7 Å². The fraction of sp³-hybridized carbons (Fsp3) is 0.125. The predicted octanol–water partition coefficient (Wildman–Crippen LogP) is 5.28. The third-order valence-electron chi connectivity index (χ3n) is 4.43. The molecule has 0 saturated heterocycles. The molecule has 0 atom stereocenters. The standard InChI is InChI=1S/C24H22O4/c1-26-22-16-14-20(23(27-2)24(22)28-3)19-12-8-7-9-17(19)13-15-21(25)18-10-5-4-6-11-18/h4-16H,1-3H3. The van der Waals surface area contributed by atoms with Crippen molar-refractivity contribution in [2.75, 3.05) is 21.3 Å². The lowest BCUT2D eigenvalue weighted by molar-refractivity contribution is 0.104. The zero-order valence-corrected chi connectivity index (χ0v) is 16.1. The predicted molar refractivity (Wildman–Crippen MR) is 111 cm³/mol. The molecule has 0 aliphatic heterocycles. The Hall–Kier alpha value is -3.53. The van der Waals surface area contributed by atoms with Gasteiger partial charge in [0, 0.05) is 11.1 Å². The van der Waals surface area contributed by atoms with Gasteiger partial charge in [-0.2, -0.15) is 0 Å². The zero-order valence-electron chi connectivity index (χ0n) is 16.1. The van der Waals surface area contributed by atoms with Crippen LogP contribution in [-0.4, -0.2) is 27.1 Å². The van der Waals surface area contributed by atoms with E-state index >= 15 is 0 Å². The SMILES string of the molecule is COc1ccc(-c2ccccc2C=CC(=O)c2ccccc2)c(OC)c1OC. The first-order valence-electron chi connectivity index (χ1n) is 8.85. The van der Waals surface area contributed by atoms with Crippen molar-refractivity contribution in [3.05, 3.63) is 83.9 Å². The van der Waals surface area contributed by atoms with E-state index < -0.39 is 0 Å². The second-order valence-electron chi connectivity index (χ2n) is 6.03. The van der Waals surface area contributed by atoms with Crippen molar-refractivity contribution in [1.29, 1.82) is 0 Å². The minimum absolute atomic E-state index is 0.0466. The van der Waals surface area contributed by atoms with Gasteiger partial charge in [0.1, 0.15) is 0 Å². The van der Waals surface area contributed by atoms with E-state index in [0.717, 1.165) is 16.7 Å². The highest BCUT2D eigenvalue weighted by atomic mass is 16.5. The van der Waals surface area contributed by atoms with E-state index in [1.54, 1.807) is 39.5 Å². The highest BCUT2D eigenvalue weighted by molar-refractivity contribution is 6.07. The lowest BCUT2D eigenvalue weighted by Crippen LogP contribution is -1.98. The van der Waals surface area contributed by atoms with Gasteiger partial charge in [-0.3, -0.25) is 4.79 Å². The van der Waals surface area contributed by atoms with Gasteiger partial charge in [0.15, 0.2) is 17.3 Å². The second kappa shape index (κ2) is 8.91. The molecule has 0 spiro atoms. The Labute approximate surface area is 165 Å². The van der Waals surface area contributed by atoms with E-state index in [-0.39, 0.29) is 5.78 Å². The van der Waals surface area contributed by atoms with Crippen LogP contribution in [0.15, 0.2) is 72.8 Å². The Morgan fingerprint density at radius 3 is 2.07 bits per heavy atom. The number of ether oxygens (including phenoxy) is 3. The molecule has 0 saturated carbocycles. The molecule has 0 aliphatic carbocycles. The molecule has 28 heavy (non-hydrogen) atoms. The molecule has 4 nitrogen and oxygen atoms in total. The number of hydrogen-bond donors (Lipinski definition) is 0. The van der Waals surface area contributed by atoms with E-state index in [2.05, 4.69) is 0 Å². The molecular weight excluding hydrogens is 352 g/mol. The van der Waals surface area contributed by atoms with E-state index in [4.69, 9.17) is 14.2 Å². The summed E-state index contributed by atoms with van der Waals surface area (Å²) in [6.07, 6.45) is 3.40. The molecule has 3 aromatic carbocycles. The van der Waals surface area contributed by atoms with Crippen LogP contribution in [0.2, 0.25) is 0 Å². The molecule has 0 aliphatic rings. The van der Waals surface area contributed by atoms with Crippen LogP contribution in [0.5, 0.6) is 17.2 Å². The van der Waals surface area contributed by atoms with Gasteiger partial charge in [0.2, 0.25) is 5.75 Å². The number of methoxy groups -OCH3 is 3. The Balaban J connectivity index is 2.04. The monoisotopic (exact) mass is 374 g/mol. The maximum atomic E-state index is 12.4. The van der Waals surface area contributed by atoms with Crippen LogP contribution in [0, 0.1) is 0 Å². The summed E-state index contributed by atoms with van der Waals surface area (Å²) in [5, 5.41) is 0. The molecule has 4 heteroatoms. The summed E-state index contributed by atoms with van der Waals surface area (Å²) >= 11 is 0. The summed E-state index contributed by atoms with van der Waals surface area (Å²) in [5.74, 6) is 1.66. The van der Waals surface area contributed by atoms with Gasteiger partial charge in [-0.1, -0.05) is 60.7 Å². The quantitative estimate of drug-likeness (QED) is 0.417. The fourth-order valence-corrected chi connectivity index (χ4v) is 3.07. The largest absolute Gasteiger partial charge is 0.493 e. The van der Waals surface area contributed by atoms with Crippen LogP contribution in [-0.2, 0) is 0 Å². The Kier molecular flexibility index (Phi) is 6.12. The van der Waals surface area contributed by atoms with Gasteiger partial charge >= 0.3 is 0 Å². The molecule has 3 aromatic rings. The smallest absolute Gasteiger partial charge is 0.203 e. The summed E-state index contributed by atoms with van der Waals surface area (Å²) in [6, 6.07) is 20.8. The van der Waals surface area contributed by atoms with Crippen molar-refractivity contribution >= 4 is 11.9 Å². The number of carbonyl (C=O) groups excluding carboxylic acids is 1. The van der Waals surface area contributed by atoms with Crippen molar-refractivity contribution < 1.29 is 19.0 Å². The minimum Gasteiger partial charge on any atom is -0.493 e. The Morgan fingerprint density at radius 1 is 0.714 bits per heavy atom. The molecule has 0 fully saturated rings. The average Bonchev–Trinajstić information content (AvgIpc) is 2.77. The first-order chi connectivity index (χ1) is 13.7. The fourth-order valence-electron chi connectivity index (χ4n) is 3.07. The summed E-state index contributed by atoms with van der Waals surface area (Å²) in [7, 11) is 4.76. The molecule has 0 N–H and O–H groups in total. The maximum Gasteiger partial charge on any atom is 0.203 e. The molecule has 0 amide bonds. The van der Waals surface area contributed by atoms with Crippen LogP contribution in [0.25, 0.3) is 17.2 Å². The average molecular weight is 374 g/mol. The molecule has 3 rings (SSSR count). The van der Waals surface area contributed by atoms with Crippen molar-refractivity contribution in [3.63, 3.8) is 0 Å². The number of ketones is 1. The highest BCUT2D eigenvalue weighted by Crippen LogP contribution is 2.45. The Bertz CT molecular complexity index is 991.